The molecule has 0 aromatic heterocycles. The Kier molecular flexibility index (Phi) is 5.62. The minimum Gasteiger partial charge on any atom is -0.478 e. The van der Waals surface area contributed by atoms with Crippen molar-refractivity contribution < 1.29 is 19.8 Å². The second kappa shape index (κ2) is 6.19. The number of aromatic carboxylic acids is 2. The third-order valence-electron chi connectivity index (χ3n) is 1.39. The fourth-order valence-corrected chi connectivity index (χ4v) is 1.33. The van der Waals surface area contributed by atoms with Gasteiger partial charge in [0.2, 0.25) is 0 Å². The Hall–Kier alpha value is -1.36. The first-order valence-electron chi connectivity index (χ1n) is 4.28. The second-order valence-electron chi connectivity index (χ2n) is 2.34. The summed E-state index contributed by atoms with van der Waals surface area (Å²) in [7, 11) is 0. The molecule has 0 unspecified atom stereocenters. The monoisotopic (exact) mass is 274 g/mol. The predicted octanol–water partition coefficient (Wildman–Crippen LogP) is 2.87. The molecule has 0 aliphatic heterocycles. The van der Waals surface area contributed by atoms with Crippen molar-refractivity contribution in [3.63, 3.8) is 0 Å². The Labute approximate surface area is 95.7 Å². The summed E-state index contributed by atoms with van der Waals surface area (Å²) in [5.41, 5.74) is -0.0986. The highest BCUT2D eigenvalue weighted by atomic mass is 79.9. The van der Waals surface area contributed by atoms with Crippen LogP contribution < -0.4 is 0 Å². The van der Waals surface area contributed by atoms with Gasteiger partial charge >= 0.3 is 11.9 Å². The van der Waals surface area contributed by atoms with Crippen molar-refractivity contribution in [3.05, 3.63) is 33.8 Å². The quantitative estimate of drug-likeness (QED) is 0.870. The number of carbonyl (C=O) groups is 2. The van der Waals surface area contributed by atoms with Crippen LogP contribution in [0.4, 0.5) is 0 Å². The van der Waals surface area contributed by atoms with E-state index in [-0.39, 0.29) is 11.1 Å². The third kappa shape index (κ3) is 4.12. The molecule has 0 atom stereocenters. The molecule has 0 aliphatic carbocycles. The van der Waals surface area contributed by atoms with E-state index < -0.39 is 11.9 Å². The van der Waals surface area contributed by atoms with Crippen molar-refractivity contribution in [2.45, 2.75) is 13.8 Å². The standard InChI is InChI=1S/C8H5BrO4.C2H6/c9-6-2-4(7(10)11)1-5(3-6)8(12)13;1-2/h1-3H,(H,10,11)(H,12,13);1-2H3. The molecule has 2 N–H and O–H groups in total. The smallest absolute Gasteiger partial charge is 0.335 e. The van der Waals surface area contributed by atoms with Gasteiger partial charge < -0.3 is 10.2 Å². The summed E-state index contributed by atoms with van der Waals surface area (Å²) < 4.78 is 0.435. The summed E-state index contributed by atoms with van der Waals surface area (Å²) in [6.45, 7) is 4.00. The molecule has 4 nitrogen and oxygen atoms in total. The lowest BCUT2D eigenvalue weighted by molar-refractivity contribution is 0.0696. The van der Waals surface area contributed by atoms with Gasteiger partial charge in [0.05, 0.1) is 11.1 Å². The van der Waals surface area contributed by atoms with Crippen LogP contribution in [-0.2, 0) is 0 Å². The summed E-state index contributed by atoms with van der Waals surface area (Å²) in [5, 5.41) is 17.2. The molecule has 0 amide bonds. The number of halogens is 1. The molecule has 82 valence electrons. The summed E-state index contributed by atoms with van der Waals surface area (Å²) in [4.78, 5) is 21.0. The van der Waals surface area contributed by atoms with E-state index in [4.69, 9.17) is 10.2 Å². The van der Waals surface area contributed by atoms with Gasteiger partial charge in [0.15, 0.2) is 0 Å². The van der Waals surface area contributed by atoms with Crippen molar-refractivity contribution in [2.24, 2.45) is 0 Å². The van der Waals surface area contributed by atoms with Crippen LogP contribution in [0.15, 0.2) is 22.7 Å². The fraction of sp³-hybridized carbons (Fsp3) is 0.200. The molecule has 0 saturated carbocycles. The zero-order valence-electron chi connectivity index (χ0n) is 8.32. The highest BCUT2D eigenvalue weighted by Crippen LogP contribution is 2.15. The average molecular weight is 275 g/mol. The highest BCUT2D eigenvalue weighted by Gasteiger charge is 2.09. The van der Waals surface area contributed by atoms with E-state index in [1.54, 1.807) is 0 Å². The minimum atomic E-state index is -1.15. The lowest BCUT2D eigenvalue weighted by Crippen LogP contribution is -2.02. The summed E-state index contributed by atoms with van der Waals surface area (Å²) in [6, 6.07) is 3.79. The van der Waals surface area contributed by atoms with Gasteiger partial charge in [-0.25, -0.2) is 9.59 Å². The Morgan fingerprint density at radius 1 is 1.00 bits per heavy atom. The van der Waals surface area contributed by atoms with Gasteiger partial charge in [0.25, 0.3) is 0 Å². The van der Waals surface area contributed by atoms with Gasteiger partial charge in [-0.1, -0.05) is 29.8 Å². The lowest BCUT2D eigenvalue weighted by atomic mass is 10.1. The number of carboxylic acid groups (broad SMARTS) is 2. The van der Waals surface area contributed by atoms with E-state index in [9.17, 15) is 9.59 Å². The van der Waals surface area contributed by atoms with Crippen molar-refractivity contribution in [3.8, 4) is 0 Å². The second-order valence-corrected chi connectivity index (χ2v) is 3.25. The molecule has 0 radical (unpaired) electrons. The van der Waals surface area contributed by atoms with Crippen LogP contribution in [-0.4, -0.2) is 22.2 Å². The summed E-state index contributed by atoms with van der Waals surface area (Å²) in [6.07, 6.45) is 0. The van der Waals surface area contributed by atoms with Gasteiger partial charge in [-0.2, -0.15) is 0 Å². The molecular formula is C10H11BrO4. The van der Waals surface area contributed by atoms with Gasteiger partial charge in [0.1, 0.15) is 0 Å². The Morgan fingerprint density at radius 2 is 1.33 bits per heavy atom. The van der Waals surface area contributed by atoms with Crippen molar-refractivity contribution in [1.29, 1.82) is 0 Å². The SMILES string of the molecule is CC.O=C(O)c1cc(Br)cc(C(=O)O)c1. The van der Waals surface area contributed by atoms with Crippen LogP contribution in [0, 0.1) is 0 Å². The van der Waals surface area contributed by atoms with Crippen LogP contribution in [0.1, 0.15) is 34.6 Å². The molecule has 1 aromatic carbocycles. The highest BCUT2D eigenvalue weighted by molar-refractivity contribution is 9.10. The van der Waals surface area contributed by atoms with Crippen molar-refractivity contribution in [2.75, 3.05) is 0 Å². The van der Waals surface area contributed by atoms with E-state index in [0.717, 1.165) is 6.07 Å². The van der Waals surface area contributed by atoms with E-state index in [1.165, 1.54) is 12.1 Å². The molecule has 15 heavy (non-hydrogen) atoms. The predicted molar refractivity (Wildman–Crippen MR) is 59.4 cm³/mol. The first kappa shape index (κ1) is 13.6. The number of hydrogen-bond acceptors (Lipinski definition) is 2. The maximum atomic E-state index is 10.5. The van der Waals surface area contributed by atoms with Gasteiger partial charge in [0, 0.05) is 4.47 Å². The lowest BCUT2D eigenvalue weighted by Gasteiger charge is -1.98. The maximum Gasteiger partial charge on any atom is 0.335 e. The Balaban J connectivity index is 0.000000921. The van der Waals surface area contributed by atoms with Crippen molar-refractivity contribution in [1.82, 2.24) is 0 Å². The topological polar surface area (TPSA) is 74.6 Å². The molecular weight excluding hydrogens is 264 g/mol. The molecule has 0 aliphatic rings. The minimum absolute atomic E-state index is 0.0493. The van der Waals surface area contributed by atoms with Crippen LogP contribution in [0.25, 0.3) is 0 Å². The molecule has 1 rings (SSSR count). The number of benzene rings is 1. The van der Waals surface area contributed by atoms with E-state index in [2.05, 4.69) is 15.9 Å². The van der Waals surface area contributed by atoms with E-state index >= 15 is 0 Å². The van der Waals surface area contributed by atoms with Crippen LogP contribution in [0.2, 0.25) is 0 Å². The van der Waals surface area contributed by atoms with Gasteiger partial charge in [-0.3, -0.25) is 0 Å². The summed E-state index contributed by atoms with van der Waals surface area (Å²) in [5.74, 6) is -2.30. The van der Waals surface area contributed by atoms with E-state index in [0.29, 0.717) is 4.47 Å². The molecule has 0 heterocycles. The molecule has 5 heteroatoms. The molecule has 1 aromatic rings. The van der Waals surface area contributed by atoms with Gasteiger partial charge in [-0.15, -0.1) is 0 Å². The zero-order valence-corrected chi connectivity index (χ0v) is 9.91. The van der Waals surface area contributed by atoms with Crippen LogP contribution in [0.3, 0.4) is 0 Å². The Bertz CT molecular complexity index is 341. The van der Waals surface area contributed by atoms with E-state index in [1.807, 2.05) is 13.8 Å². The zero-order chi connectivity index (χ0) is 12.0. The van der Waals surface area contributed by atoms with Crippen LogP contribution in [0.5, 0.6) is 0 Å². The number of rotatable bonds is 2. The average Bonchev–Trinajstić information content (AvgIpc) is 2.19. The molecule has 0 fully saturated rings. The van der Waals surface area contributed by atoms with Crippen LogP contribution >= 0.6 is 15.9 Å². The first-order chi connectivity index (χ1) is 7.00. The first-order valence-corrected chi connectivity index (χ1v) is 5.07. The Morgan fingerprint density at radius 3 is 1.60 bits per heavy atom. The third-order valence-corrected chi connectivity index (χ3v) is 1.85. The molecule has 0 bridgehead atoms. The fourth-order valence-electron chi connectivity index (χ4n) is 0.837. The number of carboxylic acids is 2. The maximum absolute atomic E-state index is 10.5. The van der Waals surface area contributed by atoms with Gasteiger partial charge in [-0.05, 0) is 18.2 Å². The summed E-state index contributed by atoms with van der Waals surface area (Å²) >= 11 is 3.02. The largest absolute Gasteiger partial charge is 0.478 e. The molecule has 0 saturated heterocycles. The normalized spacial score (nSPS) is 8.73. The van der Waals surface area contributed by atoms with Crippen molar-refractivity contribution >= 4 is 27.9 Å². The number of hydrogen-bond donors (Lipinski definition) is 2. The molecule has 0 spiro atoms.